The molecular formula is C16H16O4. The third kappa shape index (κ3) is 1.72. The summed E-state index contributed by atoms with van der Waals surface area (Å²) in [4.78, 5) is 11.4. The predicted molar refractivity (Wildman–Crippen MR) is 75.8 cm³/mol. The van der Waals surface area contributed by atoms with Crippen molar-refractivity contribution in [3.8, 4) is 0 Å². The first-order valence-electron chi connectivity index (χ1n) is 6.51. The molecule has 0 aliphatic heterocycles. The van der Waals surface area contributed by atoms with Gasteiger partial charge in [-0.1, -0.05) is 0 Å². The van der Waals surface area contributed by atoms with E-state index in [0.717, 1.165) is 33.1 Å². The topological polar surface area (TPSA) is 63.6 Å². The molecule has 1 aromatic carbocycles. The molecule has 3 aromatic rings. The quantitative estimate of drug-likeness (QED) is 0.778. The lowest BCUT2D eigenvalue weighted by Crippen LogP contribution is -2.26. The lowest BCUT2D eigenvalue weighted by molar-refractivity contribution is -0.146. The normalized spacial score (nSPS) is 12.3. The third-order valence-corrected chi connectivity index (χ3v) is 3.87. The summed E-state index contributed by atoms with van der Waals surface area (Å²) < 4.78 is 11.2. The number of hydrogen-bond donors (Lipinski definition) is 1. The summed E-state index contributed by atoms with van der Waals surface area (Å²) in [6, 6.07) is 3.77. The summed E-state index contributed by atoms with van der Waals surface area (Å²) >= 11 is 0. The van der Waals surface area contributed by atoms with Gasteiger partial charge in [-0.2, -0.15) is 0 Å². The molecular weight excluding hydrogens is 256 g/mol. The lowest BCUT2D eigenvalue weighted by atomic mass is 9.84. The van der Waals surface area contributed by atoms with Crippen LogP contribution in [-0.4, -0.2) is 11.1 Å². The van der Waals surface area contributed by atoms with Crippen molar-refractivity contribution in [1.29, 1.82) is 0 Å². The van der Waals surface area contributed by atoms with E-state index in [4.69, 9.17) is 8.83 Å². The Morgan fingerprint density at radius 2 is 1.75 bits per heavy atom. The highest BCUT2D eigenvalue weighted by Crippen LogP contribution is 2.37. The molecule has 20 heavy (non-hydrogen) atoms. The second-order valence-electron chi connectivity index (χ2n) is 5.80. The van der Waals surface area contributed by atoms with Crippen molar-refractivity contribution < 1.29 is 18.7 Å². The fourth-order valence-corrected chi connectivity index (χ4v) is 2.61. The number of hydrogen-bond acceptors (Lipinski definition) is 3. The molecule has 0 amide bonds. The summed E-state index contributed by atoms with van der Waals surface area (Å²) in [6.45, 7) is 5.42. The van der Waals surface area contributed by atoms with Gasteiger partial charge in [-0.25, -0.2) is 0 Å². The van der Waals surface area contributed by atoms with Gasteiger partial charge in [0.25, 0.3) is 0 Å². The van der Waals surface area contributed by atoms with E-state index in [1.54, 1.807) is 26.4 Å². The van der Waals surface area contributed by atoms with Crippen LogP contribution in [0, 0.1) is 12.3 Å². The molecule has 0 saturated carbocycles. The van der Waals surface area contributed by atoms with Gasteiger partial charge in [0.2, 0.25) is 0 Å². The minimum absolute atomic E-state index is 0.392. The monoisotopic (exact) mass is 272 g/mol. The van der Waals surface area contributed by atoms with Gasteiger partial charge in [0, 0.05) is 21.9 Å². The Bertz CT molecular complexity index is 753. The molecule has 0 spiro atoms. The van der Waals surface area contributed by atoms with E-state index < -0.39 is 11.4 Å². The molecule has 0 aliphatic rings. The highest BCUT2D eigenvalue weighted by atomic mass is 16.4. The first kappa shape index (κ1) is 12.8. The van der Waals surface area contributed by atoms with Gasteiger partial charge in [0.05, 0.1) is 17.9 Å². The number of rotatable bonds is 3. The van der Waals surface area contributed by atoms with Crippen LogP contribution in [-0.2, 0) is 11.2 Å². The van der Waals surface area contributed by atoms with Gasteiger partial charge in [-0.3, -0.25) is 4.79 Å². The zero-order valence-electron chi connectivity index (χ0n) is 11.7. The zero-order chi connectivity index (χ0) is 14.5. The van der Waals surface area contributed by atoms with Gasteiger partial charge in [0.15, 0.2) is 0 Å². The van der Waals surface area contributed by atoms with Crippen LogP contribution < -0.4 is 0 Å². The van der Waals surface area contributed by atoms with E-state index in [2.05, 4.69) is 0 Å². The summed E-state index contributed by atoms with van der Waals surface area (Å²) in [7, 11) is 0. The van der Waals surface area contributed by atoms with Crippen LogP contribution in [0.3, 0.4) is 0 Å². The molecule has 3 rings (SSSR count). The number of aliphatic carboxylic acids is 1. The highest BCUT2D eigenvalue weighted by Gasteiger charge is 2.30. The summed E-state index contributed by atoms with van der Waals surface area (Å²) in [5.74, 6) is -0.825. The maximum atomic E-state index is 11.4. The molecule has 0 fully saturated rings. The lowest BCUT2D eigenvalue weighted by Gasteiger charge is -2.20. The van der Waals surface area contributed by atoms with Crippen molar-refractivity contribution in [2.75, 3.05) is 0 Å². The van der Waals surface area contributed by atoms with E-state index in [1.165, 1.54) is 0 Å². The smallest absolute Gasteiger partial charge is 0.309 e. The van der Waals surface area contributed by atoms with Crippen LogP contribution in [0.4, 0.5) is 0 Å². The van der Waals surface area contributed by atoms with Crippen LogP contribution in [0.25, 0.3) is 21.9 Å². The van der Waals surface area contributed by atoms with Crippen molar-refractivity contribution in [2.45, 2.75) is 27.2 Å². The van der Waals surface area contributed by atoms with Crippen LogP contribution >= 0.6 is 0 Å². The standard InChI is InChI=1S/C16H16O4/c1-9-10-4-6-20-14(10)12(8-16(2,3)15(17)18)11-5-7-19-13(9)11/h4-7H,8H2,1-3H3,(H,17,18). The fraction of sp³-hybridized carbons (Fsp3) is 0.312. The Hall–Kier alpha value is -2.23. The predicted octanol–water partition coefficient (Wildman–Crippen LogP) is 4.14. The molecule has 0 saturated heterocycles. The Kier molecular flexibility index (Phi) is 2.64. The Balaban J connectivity index is 2.31. The summed E-state index contributed by atoms with van der Waals surface area (Å²) in [5.41, 5.74) is 2.61. The zero-order valence-corrected chi connectivity index (χ0v) is 11.7. The number of carbonyl (C=O) groups is 1. The molecule has 1 N–H and O–H groups in total. The van der Waals surface area contributed by atoms with Crippen molar-refractivity contribution in [3.05, 3.63) is 35.8 Å². The van der Waals surface area contributed by atoms with Gasteiger partial charge >= 0.3 is 5.97 Å². The molecule has 2 heterocycles. The largest absolute Gasteiger partial charge is 0.481 e. The second kappa shape index (κ2) is 4.13. The molecule has 0 atom stereocenters. The number of benzene rings is 1. The minimum atomic E-state index is -0.862. The molecule has 2 aromatic heterocycles. The number of furan rings is 2. The Morgan fingerprint density at radius 3 is 2.40 bits per heavy atom. The maximum absolute atomic E-state index is 11.4. The second-order valence-corrected chi connectivity index (χ2v) is 5.80. The van der Waals surface area contributed by atoms with Crippen molar-refractivity contribution in [1.82, 2.24) is 0 Å². The Labute approximate surface area is 116 Å². The van der Waals surface area contributed by atoms with E-state index in [1.807, 2.05) is 19.1 Å². The average molecular weight is 272 g/mol. The molecule has 0 unspecified atom stereocenters. The van der Waals surface area contributed by atoms with Crippen LogP contribution in [0.1, 0.15) is 25.0 Å². The maximum Gasteiger partial charge on any atom is 0.309 e. The number of carboxylic acid groups (broad SMARTS) is 1. The SMILES string of the molecule is Cc1c2ccoc2c(CC(C)(C)C(=O)O)c2ccoc12. The van der Waals surface area contributed by atoms with Gasteiger partial charge < -0.3 is 13.9 Å². The summed E-state index contributed by atoms with van der Waals surface area (Å²) in [5, 5.41) is 11.3. The van der Waals surface area contributed by atoms with Gasteiger partial charge in [-0.05, 0) is 39.3 Å². The Morgan fingerprint density at radius 1 is 1.15 bits per heavy atom. The van der Waals surface area contributed by atoms with Crippen molar-refractivity contribution >= 4 is 27.9 Å². The van der Waals surface area contributed by atoms with Crippen molar-refractivity contribution in [3.63, 3.8) is 0 Å². The fourth-order valence-electron chi connectivity index (χ4n) is 2.61. The van der Waals surface area contributed by atoms with E-state index >= 15 is 0 Å². The minimum Gasteiger partial charge on any atom is -0.481 e. The molecule has 0 radical (unpaired) electrons. The molecule has 0 aliphatic carbocycles. The van der Waals surface area contributed by atoms with E-state index in [-0.39, 0.29) is 0 Å². The number of aryl methyl sites for hydroxylation is 1. The molecule has 4 heteroatoms. The molecule has 0 bridgehead atoms. The highest BCUT2D eigenvalue weighted by molar-refractivity contribution is 6.01. The van der Waals surface area contributed by atoms with E-state index in [9.17, 15) is 9.90 Å². The number of fused-ring (bicyclic) bond motifs is 2. The molecule has 104 valence electrons. The van der Waals surface area contributed by atoms with Crippen molar-refractivity contribution in [2.24, 2.45) is 5.41 Å². The van der Waals surface area contributed by atoms with Crippen LogP contribution in [0.2, 0.25) is 0 Å². The molecule has 4 nitrogen and oxygen atoms in total. The summed E-state index contributed by atoms with van der Waals surface area (Å²) in [6.07, 6.45) is 3.66. The first-order chi connectivity index (χ1) is 9.42. The third-order valence-electron chi connectivity index (χ3n) is 3.87. The van der Waals surface area contributed by atoms with Gasteiger partial charge in [-0.15, -0.1) is 0 Å². The van der Waals surface area contributed by atoms with Gasteiger partial charge in [0.1, 0.15) is 11.2 Å². The van der Waals surface area contributed by atoms with Crippen LogP contribution in [0.15, 0.2) is 33.5 Å². The van der Waals surface area contributed by atoms with E-state index in [0.29, 0.717) is 6.42 Å². The van der Waals surface area contributed by atoms with Crippen LogP contribution in [0.5, 0.6) is 0 Å². The average Bonchev–Trinajstić information content (AvgIpc) is 3.03. The first-order valence-corrected chi connectivity index (χ1v) is 6.51. The number of carboxylic acids is 1.